The van der Waals surface area contributed by atoms with Crippen LogP contribution in [0.4, 0.5) is 0 Å². The summed E-state index contributed by atoms with van der Waals surface area (Å²) in [4.78, 5) is 0. The van der Waals surface area contributed by atoms with Gasteiger partial charge in [-0.15, -0.1) is 0 Å². The largest absolute Gasteiger partial charge is 0.494 e. The molecule has 0 aromatic heterocycles. The molecule has 20 heavy (non-hydrogen) atoms. The zero-order valence-electron chi connectivity index (χ0n) is 13.5. The molecule has 0 heterocycles. The van der Waals surface area contributed by atoms with Crippen LogP contribution in [0, 0.1) is 5.92 Å². The molecule has 2 heteroatoms. The summed E-state index contributed by atoms with van der Waals surface area (Å²) >= 11 is 0. The van der Waals surface area contributed by atoms with Gasteiger partial charge in [-0.1, -0.05) is 58.6 Å². The van der Waals surface area contributed by atoms with Gasteiger partial charge in [0.15, 0.2) is 0 Å². The first kappa shape index (κ1) is 17.0. The van der Waals surface area contributed by atoms with Gasteiger partial charge in [0, 0.05) is 6.54 Å². The molecule has 0 fully saturated rings. The maximum Gasteiger partial charge on any atom is 0.119 e. The van der Waals surface area contributed by atoms with Gasteiger partial charge in [-0.25, -0.2) is 0 Å². The second-order valence-corrected chi connectivity index (χ2v) is 5.93. The van der Waals surface area contributed by atoms with Gasteiger partial charge in [-0.05, 0) is 36.6 Å². The monoisotopic (exact) mass is 277 g/mol. The summed E-state index contributed by atoms with van der Waals surface area (Å²) in [7, 11) is 0. The van der Waals surface area contributed by atoms with Crippen LogP contribution in [0.5, 0.6) is 5.75 Å². The molecule has 0 aliphatic heterocycles. The molecule has 0 unspecified atom stereocenters. The minimum atomic E-state index is 0.692. The average molecular weight is 277 g/mol. The van der Waals surface area contributed by atoms with Gasteiger partial charge in [-0.3, -0.25) is 0 Å². The predicted molar refractivity (Wildman–Crippen MR) is 87.2 cm³/mol. The van der Waals surface area contributed by atoms with Crippen molar-refractivity contribution in [3.63, 3.8) is 0 Å². The second-order valence-electron chi connectivity index (χ2n) is 5.93. The minimum Gasteiger partial charge on any atom is -0.494 e. The quantitative estimate of drug-likeness (QED) is 0.588. The van der Waals surface area contributed by atoms with Crippen LogP contribution in [0.1, 0.15) is 58.4 Å². The zero-order chi connectivity index (χ0) is 14.6. The van der Waals surface area contributed by atoms with Crippen LogP contribution in [0.15, 0.2) is 24.3 Å². The van der Waals surface area contributed by atoms with Crippen LogP contribution < -0.4 is 10.1 Å². The highest BCUT2D eigenvalue weighted by molar-refractivity contribution is 5.28. The number of hydrogen-bond acceptors (Lipinski definition) is 2. The fourth-order valence-corrected chi connectivity index (χ4v) is 2.15. The molecule has 2 nitrogen and oxygen atoms in total. The highest BCUT2D eigenvalue weighted by atomic mass is 16.5. The lowest BCUT2D eigenvalue weighted by atomic mass is 10.1. The van der Waals surface area contributed by atoms with E-state index in [1.165, 1.54) is 31.2 Å². The van der Waals surface area contributed by atoms with Gasteiger partial charge < -0.3 is 10.1 Å². The van der Waals surface area contributed by atoms with E-state index in [0.717, 1.165) is 31.9 Å². The summed E-state index contributed by atoms with van der Waals surface area (Å²) in [6.07, 6.45) is 6.42. The van der Waals surface area contributed by atoms with Crippen LogP contribution in [-0.2, 0) is 6.54 Å². The number of unbranched alkanes of at least 4 members (excludes halogenated alkanes) is 4. The molecule has 0 spiro atoms. The van der Waals surface area contributed by atoms with Gasteiger partial charge >= 0.3 is 0 Å². The maximum absolute atomic E-state index is 5.83. The minimum absolute atomic E-state index is 0.692. The lowest BCUT2D eigenvalue weighted by Crippen LogP contribution is -2.18. The Labute approximate surface area is 124 Å². The Bertz CT molecular complexity index is 349. The number of benzene rings is 1. The first-order valence-electron chi connectivity index (χ1n) is 8.14. The van der Waals surface area contributed by atoms with E-state index < -0.39 is 0 Å². The van der Waals surface area contributed by atoms with Crippen molar-refractivity contribution in [1.82, 2.24) is 5.32 Å². The highest BCUT2D eigenvalue weighted by Gasteiger charge is 1.98. The Morgan fingerprint density at radius 1 is 1.10 bits per heavy atom. The molecule has 0 aliphatic carbocycles. The Morgan fingerprint density at radius 3 is 2.65 bits per heavy atom. The number of ether oxygens (including phenoxy) is 1. The molecule has 1 N–H and O–H groups in total. The van der Waals surface area contributed by atoms with E-state index in [1.54, 1.807) is 0 Å². The van der Waals surface area contributed by atoms with Gasteiger partial charge in [0.05, 0.1) is 6.61 Å². The van der Waals surface area contributed by atoms with Crippen molar-refractivity contribution in [2.45, 2.75) is 59.4 Å². The molecule has 0 bridgehead atoms. The third kappa shape index (κ3) is 8.21. The molecule has 114 valence electrons. The highest BCUT2D eigenvalue weighted by Crippen LogP contribution is 2.14. The van der Waals surface area contributed by atoms with Gasteiger partial charge in [-0.2, -0.15) is 0 Å². The normalized spacial score (nSPS) is 11.0. The van der Waals surface area contributed by atoms with E-state index in [1.807, 2.05) is 0 Å². The summed E-state index contributed by atoms with van der Waals surface area (Å²) < 4.78 is 5.83. The molecule has 1 aromatic rings. The smallest absolute Gasteiger partial charge is 0.119 e. The Hall–Kier alpha value is -1.02. The maximum atomic E-state index is 5.83. The molecule has 0 saturated heterocycles. The van der Waals surface area contributed by atoms with E-state index in [0.29, 0.717) is 5.92 Å². The molecule has 0 atom stereocenters. The fourth-order valence-electron chi connectivity index (χ4n) is 2.15. The number of rotatable bonds is 11. The van der Waals surface area contributed by atoms with Gasteiger partial charge in [0.25, 0.3) is 0 Å². The van der Waals surface area contributed by atoms with Crippen LogP contribution in [-0.4, -0.2) is 13.2 Å². The van der Waals surface area contributed by atoms with Crippen LogP contribution >= 0.6 is 0 Å². The molecular weight excluding hydrogens is 246 g/mol. The summed E-state index contributed by atoms with van der Waals surface area (Å²) in [6.45, 7) is 9.52. The number of nitrogens with one attached hydrogen (secondary N) is 1. The van der Waals surface area contributed by atoms with E-state index in [-0.39, 0.29) is 0 Å². The SMILES string of the molecule is CCCCCCCOc1cccc(CNCC(C)C)c1. The first-order valence-corrected chi connectivity index (χ1v) is 8.14. The predicted octanol–water partition coefficient (Wildman–Crippen LogP) is 4.78. The average Bonchev–Trinajstić information content (AvgIpc) is 2.43. The van der Waals surface area contributed by atoms with E-state index >= 15 is 0 Å². The molecule has 0 saturated carbocycles. The lowest BCUT2D eigenvalue weighted by molar-refractivity contribution is 0.304. The van der Waals surface area contributed by atoms with Crippen LogP contribution in [0.25, 0.3) is 0 Å². The molecular formula is C18H31NO. The lowest BCUT2D eigenvalue weighted by Gasteiger charge is -2.10. The van der Waals surface area contributed by atoms with Crippen molar-refractivity contribution >= 4 is 0 Å². The standard InChI is InChI=1S/C18H31NO/c1-4-5-6-7-8-12-20-18-11-9-10-17(13-18)15-19-14-16(2)3/h9-11,13,16,19H,4-8,12,14-15H2,1-3H3. The van der Waals surface area contributed by atoms with Crippen molar-refractivity contribution < 1.29 is 4.74 Å². The molecule has 1 aromatic carbocycles. The van der Waals surface area contributed by atoms with Crippen LogP contribution in [0.3, 0.4) is 0 Å². The summed E-state index contributed by atoms with van der Waals surface area (Å²) in [5.41, 5.74) is 1.30. The molecule has 0 radical (unpaired) electrons. The molecule has 0 aliphatic rings. The molecule has 1 rings (SSSR count). The van der Waals surface area contributed by atoms with E-state index in [4.69, 9.17) is 4.74 Å². The van der Waals surface area contributed by atoms with Gasteiger partial charge in [0.1, 0.15) is 5.75 Å². The van der Waals surface area contributed by atoms with E-state index in [2.05, 4.69) is 50.4 Å². The Kier molecular flexibility index (Phi) is 9.14. The van der Waals surface area contributed by atoms with Crippen molar-refractivity contribution in [1.29, 1.82) is 0 Å². The third-order valence-corrected chi connectivity index (χ3v) is 3.30. The number of hydrogen-bond donors (Lipinski definition) is 1. The Balaban J connectivity index is 2.22. The van der Waals surface area contributed by atoms with Crippen molar-refractivity contribution in [2.24, 2.45) is 5.92 Å². The van der Waals surface area contributed by atoms with E-state index in [9.17, 15) is 0 Å². The van der Waals surface area contributed by atoms with Crippen molar-refractivity contribution in [2.75, 3.05) is 13.2 Å². The van der Waals surface area contributed by atoms with Crippen molar-refractivity contribution in [3.8, 4) is 5.75 Å². The fraction of sp³-hybridized carbons (Fsp3) is 0.667. The summed E-state index contributed by atoms with van der Waals surface area (Å²) in [5, 5.41) is 3.46. The molecule has 0 amide bonds. The third-order valence-electron chi connectivity index (χ3n) is 3.30. The summed E-state index contributed by atoms with van der Waals surface area (Å²) in [6, 6.07) is 8.44. The topological polar surface area (TPSA) is 21.3 Å². The van der Waals surface area contributed by atoms with Gasteiger partial charge in [0.2, 0.25) is 0 Å². The zero-order valence-corrected chi connectivity index (χ0v) is 13.5. The van der Waals surface area contributed by atoms with Crippen LogP contribution in [0.2, 0.25) is 0 Å². The first-order chi connectivity index (χ1) is 9.72. The summed E-state index contributed by atoms with van der Waals surface area (Å²) in [5.74, 6) is 1.70. The van der Waals surface area contributed by atoms with Crippen molar-refractivity contribution in [3.05, 3.63) is 29.8 Å². The second kappa shape index (κ2) is 10.7. The Morgan fingerprint density at radius 2 is 1.90 bits per heavy atom.